The molecule has 3 aromatic carbocycles. The van der Waals surface area contributed by atoms with Gasteiger partial charge in [-0.15, -0.1) is 0 Å². The fourth-order valence-electron chi connectivity index (χ4n) is 4.11. The van der Waals surface area contributed by atoms with Crippen molar-refractivity contribution in [2.45, 2.75) is 24.9 Å². The van der Waals surface area contributed by atoms with Gasteiger partial charge in [0.05, 0.1) is 11.4 Å². The van der Waals surface area contributed by atoms with E-state index in [0.29, 0.717) is 12.2 Å². The summed E-state index contributed by atoms with van der Waals surface area (Å²) < 4.78 is 39.8. The van der Waals surface area contributed by atoms with Crippen LogP contribution in [0.1, 0.15) is 17.5 Å². The smallest absolute Gasteiger partial charge is 0.419 e. The second kappa shape index (κ2) is 10.1. The van der Waals surface area contributed by atoms with Gasteiger partial charge in [0, 0.05) is 6.42 Å². The maximum atomic E-state index is 14.5. The van der Waals surface area contributed by atoms with Gasteiger partial charge >= 0.3 is 12.1 Å². The molecule has 7 nitrogen and oxygen atoms in total. The van der Waals surface area contributed by atoms with Crippen molar-refractivity contribution in [2.24, 2.45) is 0 Å². The Bertz CT molecular complexity index is 1200. The monoisotopic (exact) mass is 483 g/mol. The average Bonchev–Trinajstić information content (AvgIpc) is 2.83. The highest BCUT2D eigenvalue weighted by atomic mass is 19.1. The Morgan fingerprint density at radius 3 is 2.17 bits per heavy atom. The Labute approximate surface area is 200 Å². The number of rotatable bonds is 7. The highest BCUT2D eigenvalue weighted by Gasteiger charge is 2.36. The largest absolute Gasteiger partial charge is 0.482 e. The number of hydrogen-bond donors (Lipinski definition) is 2. The minimum atomic E-state index is -1.43. The van der Waals surface area contributed by atoms with Crippen LogP contribution in [0.2, 0.25) is 0 Å². The Morgan fingerprint density at radius 2 is 1.57 bits per heavy atom. The SMILES string of the molecule is O=C(O)COc1cccc2c1CC[C@](O)(COC(=O)N(c1ccccc1F)c1ccccc1F)C2. The van der Waals surface area contributed by atoms with Crippen molar-refractivity contribution in [1.29, 1.82) is 0 Å². The molecule has 2 N–H and O–H groups in total. The van der Waals surface area contributed by atoms with E-state index < -0.39 is 42.5 Å². The van der Waals surface area contributed by atoms with E-state index >= 15 is 0 Å². The first-order chi connectivity index (χ1) is 16.8. The summed E-state index contributed by atoms with van der Waals surface area (Å²) in [6.07, 6.45) is -0.346. The Kier molecular flexibility index (Phi) is 6.97. The van der Waals surface area contributed by atoms with Crippen LogP contribution >= 0.6 is 0 Å². The zero-order valence-electron chi connectivity index (χ0n) is 18.6. The quantitative estimate of drug-likeness (QED) is 0.509. The second-order valence-electron chi connectivity index (χ2n) is 8.27. The lowest BCUT2D eigenvalue weighted by molar-refractivity contribution is -0.139. The first-order valence-corrected chi connectivity index (χ1v) is 10.9. The van der Waals surface area contributed by atoms with E-state index in [4.69, 9.17) is 14.6 Å². The number of nitrogens with zero attached hydrogens (tertiary/aromatic N) is 1. The topological polar surface area (TPSA) is 96.3 Å². The van der Waals surface area contributed by atoms with Crippen LogP contribution in [-0.4, -0.2) is 41.1 Å². The molecule has 1 amide bonds. The molecule has 0 unspecified atom stereocenters. The molecule has 1 atom stereocenters. The van der Waals surface area contributed by atoms with Gasteiger partial charge in [-0.2, -0.15) is 0 Å². The van der Waals surface area contributed by atoms with Crippen molar-refractivity contribution in [1.82, 2.24) is 0 Å². The molecule has 1 aliphatic rings. The lowest BCUT2D eigenvalue weighted by Gasteiger charge is -2.34. The summed E-state index contributed by atoms with van der Waals surface area (Å²) in [4.78, 5) is 24.7. The summed E-state index contributed by atoms with van der Waals surface area (Å²) in [6.45, 7) is -0.898. The summed E-state index contributed by atoms with van der Waals surface area (Å²) in [5.74, 6) is -2.16. The van der Waals surface area contributed by atoms with Crippen molar-refractivity contribution in [3.8, 4) is 5.75 Å². The number of benzene rings is 3. The predicted octanol–water partition coefficient (Wildman–Crippen LogP) is 4.62. The molecule has 0 saturated heterocycles. The first kappa shape index (κ1) is 24.2. The highest BCUT2D eigenvalue weighted by molar-refractivity contribution is 5.96. The third-order valence-electron chi connectivity index (χ3n) is 5.77. The van der Waals surface area contributed by atoms with E-state index in [9.17, 15) is 23.5 Å². The van der Waals surface area contributed by atoms with Crippen LogP contribution in [-0.2, 0) is 22.4 Å². The third kappa shape index (κ3) is 5.41. The van der Waals surface area contributed by atoms with Crippen LogP contribution in [0, 0.1) is 11.6 Å². The zero-order valence-corrected chi connectivity index (χ0v) is 18.6. The molecule has 182 valence electrons. The summed E-state index contributed by atoms with van der Waals surface area (Å²) in [5, 5.41) is 20.0. The number of carboxylic acid groups (broad SMARTS) is 1. The van der Waals surface area contributed by atoms with Gasteiger partial charge < -0.3 is 19.7 Å². The predicted molar refractivity (Wildman–Crippen MR) is 123 cm³/mol. The standard InChI is InChI=1S/C26H23F2NO6/c27-19-7-1-3-9-21(19)29(22-10-4-2-8-20(22)28)25(32)35-16-26(33)13-12-18-17(14-26)6-5-11-23(18)34-15-24(30)31/h1-11,33H,12-16H2,(H,30,31)/t26-/m1/s1. The Morgan fingerprint density at radius 1 is 0.943 bits per heavy atom. The van der Waals surface area contributed by atoms with Gasteiger partial charge in [-0.05, 0) is 54.3 Å². The molecule has 0 bridgehead atoms. The lowest BCUT2D eigenvalue weighted by atomic mass is 9.80. The van der Waals surface area contributed by atoms with Gasteiger partial charge in [0.2, 0.25) is 0 Å². The van der Waals surface area contributed by atoms with Crippen LogP contribution < -0.4 is 9.64 Å². The number of hydrogen-bond acceptors (Lipinski definition) is 5. The van der Waals surface area contributed by atoms with Crippen LogP contribution in [0.25, 0.3) is 0 Å². The van der Waals surface area contributed by atoms with Gasteiger partial charge in [-0.25, -0.2) is 23.3 Å². The molecule has 0 fully saturated rings. The molecule has 0 aromatic heterocycles. The average molecular weight is 483 g/mol. The number of ether oxygens (including phenoxy) is 2. The maximum absolute atomic E-state index is 14.5. The van der Waals surface area contributed by atoms with Crippen LogP contribution in [0.3, 0.4) is 0 Å². The van der Waals surface area contributed by atoms with E-state index in [0.717, 1.165) is 28.2 Å². The molecule has 4 rings (SSSR count). The molecular formula is C26H23F2NO6. The zero-order chi connectivity index (χ0) is 25.0. The number of fused-ring (bicyclic) bond motifs is 1. The lowest BCUT2D eigenvalue weighted by Crippen LogP contribution is -2.43. The molecule has 0 radical (unpaired) electrons. The highest BCUT2D eigenvalue weighted by Crippen LogP contribution is 2.35. The minimum Gasteiger partial charge on any atom is -0.482 e. The molecular weight excluding hydrogens is 460 g/mol. The summed E-state index contributed by atoms with van der Waals surface area (Å²) in [7, 11) is 0. The Balaban J connectivity index is 1.53. The summed E-state index contributed by atoms with van der Waals surface area (Å²) in [6, 6.07) is 16.0. The number of anilines is 2. The van der Waals surface area contributed by atoms with Crippen molar-refractivity contribution in [2.75, 3.05) is 18.1 Å². The maximum Gasteiger partial charge on any atom is 0.419 e. The van der Waals surface area contributed by atoms with Crippen molar-refractivity contribution in [3.05, 3.63) is 89.5 Å². The fourth-order valence-corrected chi connectivity index (χ4v) is 4.11. The molecule has 35 heavy (non-hydrogen) atoms. The van der Waals surface area contributed by atoms with Gasteiger partial charge in [-0.1, -0.05) is 36.4 Å². The number of carboxylic acids is 1. The first-order valence-electron chi connectivity index (χ1n) is 10.9. The van der Waals surface area contributed by atoms with E-state index in [1.165, 1.54) is 36.4 Å². The number of amides is 1. The summed E-state index contributed by atoms with van der Waals surface area (Å²) in [5.41, 5.74) is -0.293. The second-order valence-corrected chi connectivity index (χ2v) is 8.27. The van der Waals surface area contributed by atoms with Gasteiger partial charge in [-0.3, -0.25) is 0 Å². The molecule has 0 aliphatic heterocycles. The number of halogens is 2. The van der Waals surface area contributed by atoms with E-state index in [-0.39, 0.29) is 24.2 Å². The molecule has 0 heterocycles. The Hall–Kier alpha value is -3.98. The normalized spacial score (nSPS) is 16.8. The van der Waals surface area contributed by atoms with Crippen LogP contribution in [0.5, 0.6) is 5.75 Å². The third-order valence-corrected chi connectivity index (χ3v) is 5.77. The fraction of sp³-hybridized carbons (Fsp3) is 0.231. The minimum absolute atomic E-state index is 0.124. The summed E-state index contributed by atoms with van der Waals surface area (Å²) >= 11 is 0. The van der Waals surface area contributed by atoms with E-state index in [1.54, 1.807) is 18.2 Å². The number of carbonyl (C=O) groups excluding carboxylic acids is 1. The molecule has 0 spiro atoms. The van der Waals surface area contributed by atoms with Crippen molar-refractivity contribution in [3.63, 3.8) is 0 Å². The number of aliphatic carboxylic acids is 1. The number of carbonyl (C=O) groups is 2. The number of aliphatic hydroxyl groups is 1. The van der Waals surface area contributed by atoms with Crippen molar-refractivity contribution >= 4 is 23.4 Å². The molecule has 1 aliphatic carbocycles. The van der Waals surface area contributed by atoms with Gasteiger partial charge in [0.15, 0.2) is 6.61 Å². The molecule has 9 heteroatoms. The van der Waals surface area contributed by atoms with E-state index in [1.807, 2.05) is 0 Å². The number of para-hydroxylation sites is 2. The van der Waals surface area contributed by atoms with E-state index in [2.05, 4.69) is 0 Å². The van der Waals surface area contributed by atoms with Gasteiger partial charge in [0.1, 0.15) is 29.6 Å². The van der Waals surface area contributed by atoms with Gasteiger partial charge in [0.25, 0.3) is 0 Å². The molecule has 3 aromatic rings. The van der Waals surface area contributed by atoms with Crippen LogP contribution in [0.4, 0.5) is 25.0 Å². The van der Waals surface area contributed by atoms with Crippen molar-refractivity contribution < 1.29 is 38.1 Å². The van der Waals surface area contributed by atoms with Crippen LogP contribution in [0.15, 0.2) is 66.7 Å². The molecule has 0 saturated carbocycles.